The number of carbonyl (C=O) groups excluding carboxylic acids is 1. The lowest BCUT2D eigenvalue weighted by Crippen LogP contribution is -2.42. The van der Waals surface area contributed by atoms with Crippen molar-refractivity contribution < 1.29 is 4.79 Å². The molecule has 3 fully saturated rings. The van der Waals surface area contributed by atoms with Crippen molar-refractivity contribution in [2.24, 2.45) is 11.8 Å². The van der Waals surface area contributed by atoms with Gasteiger partial charge in [-0.3, -0.25) is 14.7 Å². The SMILES string of the molecule is O=C(C1CCC1)N1CCN(C2CCCC2)C[C@H](Cc2ccccn2)C1. The standard InChI is InChI=1S/C21H31N3O/c25-21(18-6-5-7-18)24-13-12-23(20-9-1-2-10-20)15-17(16-24)14-19-8-3-4-11-22-19/h3-4,8,11,17-18,20H,1-2,5-7,9-10,12-16H2/t17-/m0/s1. The minimum absolute atomic E-state index is 0.313. The molecule has 0 bridgehead atoms. The third kappa shape index (κ3) is 4.05. The maximum absolute atomic E-state index is 12.9. The molecular weight excluding hydrogens is 310 g/mol. The van der Waals surface area contributed by atoms with Gasteiger partial charge in [0.1, 0.15) is 0 Å². The van der Waals surface area contributed by atoms with Gasteiger partial charge in [-0.05, 0) is 50.2 Å². The van der Waals surface area contributed by atoms with Gasteiger partial charge in [-0.2, -0.15) is 0 Å². The Morgan fingerprint density at radius 3 is 2.56 bits per heavy atom. The van der Waals surface area contributed by atoms with Crippen LogP contribution in [0.3, 0.4) is 0 Å². The van der Waals surface area contributed by atoms with E-state index >= 15 is 0 Å². The van der Waals surface area contributed by atoms with E-state index in [1.165, 1.54) is 32.1 Å². The van der Waals surface area contributed by atoms with Crippen molar-refractivity contribution in [3.8, 4) is 0 Å². The van der Waals surface area contributed by atoms with Crippen LogP contribution in [0.15, 0.2) is 24.4 Å². The maximum atomic E-state index is 12.9. The topological polar surface area (TPSA) is 36.4 Å². The molecule has 136 valence electrons. The van der Waals surface area contributed by atoms with Gasteiger partial charge in [-0.25, -0.2) is 0 Å². The zero-order valence-electron chi connectivity index (χ0n) is 15.3. The number of pyridine rings is 1. The monoisotopic (exact) mass is 341 g/mol. The molecular formula is C21H31N3O. The molecule has 0 N–H and O–H groups in total. The molecule has 0 aromatic carbocycles. The number of nitrogens with zero attached hydrogens (tertiary/aromatic N) is 3. The van der Waals surface area contributed by atoms with Gasteiger partial charge < -0.3 is 4.90 Å². The van der Waals surface area contributed by atoms with E-state index in [1.54, 1.807) is 0 Å². The fraction of sp³-hybridized carbons (Fsp3) is 0.714. The van der Waals surface area contributed by atoms with Gasteiger partial charge in [-0.15, -0.1) is 0 Å². The second-order valence-corrected chi connectivity index (χ2v) is 8.24. The van der Waals surface area contributed by atoms with E-state index < -0.39 is 0 Å². The van der Waals surface area contributed by atoms with Crippen molar-refractivity contribution in [1.82, 2.24) is 14.8 Å². The predicted molar refractivity (Wildman–Crippen MR) is 99.2 cm³/mol. The van der Waals surface area contributed by atoms with Gasteiger partial charge in [0.15, 0.2) is 0 Å². The van der Waals surface area contributed by atoms with Crippen LogP contribution in [0.2, 0.25) is 0 Å². The molecule has 1 aliphatic heterocycles. The van der Waals surface area contributed by atoms with E-state index in [1.807, 2.05) is 12.3 Å². The quantitative estimate of drug-likeness (QED) is 0.844. The number of hydrogen-bond acceptors (Lipinski definition) is 3. The fourth-order valence-corrected chi connectivity index (χ4v) is 4.79. The lowest BCUT2D eigenvalue weighted by Gasteiger charge is -2.32. The van der Waals surface area contributed by atoms with E-state index in [2.05, 4.69) is 26.9 Å². The lowest BCUT2D eigenvalue weighted by atomic mass is 9.84. The highest BCUT2D eigenvalue weighted by Crippen LogP contribution is 2.30. The summed E-state index contributed by atoms with van der Waals surface area (Å²) in [4.78, 5) is 22.3. The maximum Gasteiger partial charge on any atom is 0.225 e. The molecule has 4 rings (SSSR count). The Labute approximate surface area is 151 Å². The molecule has 2 aliphatic carbocycles. The van der Waals surface area contributed by atoms with Gasteiger partial charge >= 0.3 is 0 Å². The summed E-state index contributed by atoms with van der Waals surface area (Å²) >= 11 is 0. The van der Waals surface area contributed by atoms with E-state index in [0.717, 1.165) is 57.2 Å². The molecule has 0 unspecified atom stereocenters. The first-order valence-corrected chi connectivity index (χ1v) is 10.2. The molecule has 1 aromatic heterocycles. The molecule has 3 aliphatic rings. The number of aromatic nitrogens is 1. The Kier molecular flexibility index (Phi) is 5.35. The summed E-state index contributed by atoms with van der Waals surface area (Å²) in [5.74, 6) is 1.24. The van der Waals surface area contributed by atoms with Crippen molar-refractivity contribution in [2.75, 3.05) is 26.2 Å². The van der Waals surface area contributed by atoms with Crippen molar-refractivity contribution >= 4 is 5.91 Å². The highest BCUT2D eigenvalue weighted by atomic mass is 16.2. The smallest absolute Gasteiger partial charge is 0.225 e. The molecule has 25 heavy (non-hydrogen) atoms. The number of rotatable bonds is 4. The molecule has 2 saturated carbocycles. The molecule has 0 radical (unpaired) electrons. The first kappa shape index (κ1) is 17.0. The fourth-order valence-electron chi connectivity index (χ4n) is 4.79. The number of amides is 1. The van der Waals surface area contributed by atoms with E-state index in [9.17, 15) is 4.79 Å². The molecule has 4 nitrogen and oxygen atoms in total. The van der Waals surface area contributed by atoms with Crippen LogP contribution < -0.4 is 0 Å². The summed E-state index contributed by atoms with van der Waals surface area (Å²) in [6.45, 7) is 4.01. The Morgan fingerprint density at radius 1 is 1.04 bits per heavy atom. The molecule has 2 heterocycles. The Bertz CT molecular complexity index is 566. The molecule has 1 atom stereocenters. The van der Waals surface area contributed by atoms with Gasteiger partial charge in [0.25, 0.3) is 0 Å². The number of hydrogen-bond donors (Lipinski definition) is 0. The zero-order chi connectivity index (χ0) is 17.1. The minimum Gasteiger partial charge on any atom is -0.341 e. The Balaban J connectivity index is 1.47. The second kappa shape index (κ2) is 7.86. The zero-order valence-corrected chi connectivity index (χ0v) is 15.3. The van der Waals surface area contributed by atoms with Crippen molar-refractivity contribution in [1.29, 1.82) is 0 Å². The van der Waals surface area contributed by atoms with Crippen LogP contribution in [0.25, 0.3) is 0 Å². The summed E-state index contributed by atoms with van der Waals surface area (Å²) < 4.78 is 0. The van der Waals surface area contributed by atoms with E-state index in [0.29, 0.717) is 17.7 Å². The van der Waals surface area contributed by atoms with Crippen LogP contribution in [0, 0.1) is 11.8 Å². The van der Waals surface area contributed by atoms with Gasteiger partial charge in [0.05, 0.1) is 0 Å². The largest absolute Gasteiger partial charge is 0.341 e. The first-order valence-electron chi connectivity index (χ1n) is 10.2. The molecule has 1 saturated heterocycles. The van der Waals surface area contributed by atoms with Gasteiger partial charge in [0, 0.05) is 50.0 Å². The molecule has 1 amide bonds. The average Bonchev–Trinajstić information content (AvgIpc) is 3.03. The Hall–Kier alpha value is -1.42. The molecule has 4 heteroatoms. The third-order valence-electron chi connectivity index (χ3n) is 6.46. The van der Waals surface area contributed by atoms with Crippen molar-refractivity contribution in [2.45, 2.75) is 57.4 Å². The second-order valence-electron chi connectivity index (χ2n) is 8.24. The van der Waals surface area contributed by atoms with E-state index in [-0.39, 0.29) is 0 Å². The van der Waals surface area contributed by atoms with E-state index in [4.69, 9.17) is 0 Å². The summed E-state index contributed by atoms with van der Waals surface area (Å²) in [6.07, 6.45) is 11.7. The van der Waals surface area contributed by atoms with Crippen molar-refractivity contribution in [3.05, 3.63) is 30.1 Å². The summed E-state index contributed by atoms with van der Waals surface area (Å²) in [5.41, 5.74) is 1.16. The van der Waals surface area contributed by atoms with Gasteiger partial charge in [0.2, 0.25) is 5.91 Å². The first-order chi connectivity index (χ1) is 12.3. The summed E-state index contributed by atoms with van der Waals surface area (Å²) in [7, 11) is 0. The van der Waals surface area contributed by atoms with Crippen LogP contribution in [-0.4, -0.2) is 52.9 Å². The normalized spacial score (nSPS) is 26.4. The predicted octanol–water partition coefficient (Wildman–Crippen LogP) is 3.13. The lowest BCUT2D eigenvalue weighted by molar-refractivity contribution is -0.138. The third-order valence-corrected chi connectivity index (χ3v) is 6.46. The Morgan fingerprint density at radius 2 is 1.88 bits per heavy atom. The average molecular weight is 341 g/mol. The summed E-state index contributed by atoms with van der Waals surface area (Å²) in [5, 5.41) is 0. The minimum atomic E-state index is 0.313. The molecule has 1 aromatic rings. The van der Waals surface area contributed by atoms with Crippen LogP contribution >= 0.6 is 0 Å². The van der Waals surface area contributed by atoms with Crippen LogP contribution in [0.1, 0.15) is 50.6 Å². The number of carbonyl (C=O) groups is 1. The van der Waals surface area contributed by atoms with Crippen molar-refractivity contribution in [3.63, 3.8) is 0 Å². The molecule has 0 spiro atoms. The van der Waals surface area contributed by atoms with Crippen LogP contribution in [0.4, 0.5) is 0 Å². The van der Waals surface area contributed by atoms with Crippen LogP contribution in [0.5, 0.6) is 0 Å². The van der Waals surface area contributed by atoms with Gasteiger partial charge in [-0.1, -0.05) is 25.3 Å². The highest BCUT2D eigenvalue weighted by molar-refractivity contribution is 5.79. The highest BCUT2D eigenvalue weighted by Gasteiger charge is 2.34. The summed E-state index contributed by atoms with van der Waals surface area (Å²) in [6, 6.07) is 6.92. The van der Waals surface area contributed by atoms with Crippen LogP contribution in [-0.2, 0) is 11.2 Å².